The van der Waals surface area contributed by atoms with Crippen LogP contribution in [0.2, 0.25) is 0 Å². The Morgan fingerprint density at radius 3 is 2.39 bits per heavy atom. The molecule has 1 heteroatoms. The first-order valence-electron chi connectivity index (χ1n) is 7.41. The van der Waals surface area contributed by atoms with Gasteiger partial charge >= 0.3 is 0 Å². The Bertz CT molecular complexity index is 291. The summed E-state index contributed by atoms with van der Waals surface area (Å²) in [6, 6.07) is 0. The second kappa shape index (κ2) is 11.1. The molecule has 1 N–H and O–H groups in total. The van der Waals surface area contributed by atoms with E-state index in [4.69, 9.17) is 0 Å². The highest BCUT2D eigenvalue weighted by Gasteiger charge is 2.12. The zero-order valence-electron chi connectivity index (χ0n) is 13.0. The Hall–Kier alpha value is -0.980. The van der Waals surface area contributed by atoms with Crippen molar-refractivity contribution in [3.8, 4) is 0 Å². The zero-order chi connectivity index (χ0) is 13.8. The molecule has 0 unspecified atom stereocenters. The molecule has 0 radical (unpaired) electrons. The van der Waals surface area contributed by atoms with Crippen molar-refractivity contribution in [1.29, 1.82) is 0 Å². The van der Waals surface area contributed by atoms with E-state index < -0.39 is 0 Å². The maximum atomic E-state index is 3.54. The molecule has 1 aliphatic rings. The highest BCUT2D eigenvalue weighted by molar-refractivity contribution is 5.34. The van der Waals surface area contributed by atoms with E-state index in [9.17, 15) is 0 Å². The van der Waals surface area contributed by atoms with E-state index in [2.05, 4.69) is 32.2 Å². The maximum absolute atomic E-state index is 3.54. The fraction of sp³-hybridized carbons (Fsp3) is 0.647. The van der Waals surface area contributed by atoms with Crippen molar-refractivity contribution in [1.82, 2.24) is 5.32 Å². The standard InChI is InChI=1S/C13H23N.C4H8/c1-4-6-8-12-9-7-10-14-13(12)11(3)5-2;1-3-4-2/h8,14H,4-7,9-10H2,1-3H3;3-4H,1-2H3/b12-8+,13-11-;4-3-. The third kappa shape index (κ3) is 6.68. The lowest BCUT2D eigenvalue weighted by atomic mass is 9.96. The Kier molecular flexibility index (Phi) is 10.5. The lowest BCUT2D eigenvalue weighted by Crippen LogP contribution is -2.23. The van der Waals surface area contributed by atoms with Crippen LogP contribution in [0.25, 0.3) is 0 Å². The molecule has 1 saturated heterocycles. The van der Waals surface area contributed by atoms with Crippen LogP contribution in [0.4, 0.5) is 0 Å². The van der Waals surface area contributed by atoms with Gasteiger partial charge in [0.25, 0.3) is 0 Å². The predicted octanol–water partition coefficient (Wildman–Crippen LogP) is 5.36. The van der Waals surface area contributed by atoms with Crippen LogP contribution in [-0.4, -0.2) is 6.54 Å². The molecule has 18 heavy (non-hydrogen) atoms. The number of hydrogen-bond acceptors (Lipinski definition) is 1. The van der Waals surface area contributed by atoms with Crippen LogP contribution in [0.5, 0.6) is 0 Å². The second-order valence-corrected chi connectivity index (χ2v) is 4.72. The van der Waals surface area contributed by atoms with Gasteiger partial charge in [-0.3, -0.25) is 0 Å². The first kappa shape index (κ1) is 17.0. The molecule has 1 rings (SSSR count). The number of unbranched alkanes of at least 4 members (excludes halogenated alkanes) is 1. The van der Waals surface area contributed by atoms with Gasteiger partial charge in [-0.1, -0.05) is 44.1 Å². The molecule has 0 aromatic heterocycles. The minimum Gasteiger partial charge on any atom is -0.385 e. The fourth-order valence-electron chi connectivity index (χ4n) is 1.86. The van der Waals surface area contributed by atoms with Crippen molar-refractivity contribution in [2.24, 2.45) is 0 Å². The maximum Gasteiger partial charge on any atom is 0.0358 e. The predicted molar refractivity (Wildman–Crippen MR) is 83.7 cm³/mol. The third-order valence-corrected chi connectivity index (χ3v) is 3.22. The van der Waals surface area contributed by atoms with Crippen LogP contribution in [-0.2, 0) is 0 Å². The van der Waals surface area contributed by atoms with Crippen LogP contribution in [0, 0.1) is 0 Å². The third-order valence-electron chi connectivity index (χ3n) is 3.22. The van der Waals surface area contributed by atoms with Gasteiger partial charge in [0.05, 0.1) is 0 Å². The van der Waals surface area contributed by atoms with Gasteiger partial charge in [0.2, 0.25) is 0 Å². The molecule has 104 valence electrons. The van der Waals surface area contributed by atoms with E-state index in [1.807, 2.05) is 26.0 Å². The molecule has 1 heterocycles. The van der Waals surface area contributed by atoms with E-state index in [-0.39, 0.29) is 0 Å². The minimum atomic E-state index is 1.15. The monoisotopic (exact) mass is 249 g/mol. The van der Waals surface area contributed by atoms with Crippen molar-refractivity contribution in [2.75, 3.05) is 6.54 Å². The number of rotatable bonds is 3. The molecule has 0 aromatic carbocycles. The molecule has 1 fully saturated rings. The Balaban J connectivity index is 0.000000631. The summed E-state index contributed by atoms with van der Waals surface area (Å²) in [6.45, 7) is 11.9. The van der Waals surface area contributed by atoms with E-state index in [1.165, 1.54) is 37.0 Å². The molecule has 0 aromatic rings. The molecular formula is C17H31N. The van der Waals surface area contributed by atoms with Crippen molar-refractivity contribution in [2.45, 2.75) is 66.7 Å². The summed E-state index contributed by atoms with van der Waals surface area (Å²) in [5, 5.41) is 3.54. The summed E-state index contributed by atoms with van der Waals surface area (Å²) in [5.74, 6) is 0. The van der Waals surface area contributed by atoms with Crippen molar-refractivity contribution < 1.29 is 0 Å². The topological polar surface area (TPSA) is 12.0 Å². The smallest absolute Gasteiger partial charge is 0.0358 e. The van der Waals surface area contributed by atoms with Gasteiger partial charge < -0.3 is 5.32 Å². The molecule has 0 bridgehead atoms. The second-order valence-electron chi connectivity index (χ2n) is 4.72. The highest BCUT2D eigenvalue weighted by atomic mass is 14.9. The van der Waals surface area contributed by atoms with Gasteiger partial charge in [-0.2, -0.15) is 0 Å². The van der Waals surface area contributed by atoms with Crippen LogP contribution >= 0.6 is 0 Å². The molecular weight excluding hydrogens is 218 g/mol. The van der Waals surface area contributed by atoms with Crippen LogP contribution in [0.1, 0.15) is 66.7 Å². The zero-order valence-corrected chi connectivity index (χ0v) is 13.0. The molecule has 1 aliphatic heterocycles. The number of hydrogen-bond donors (Lipinski definition) is 1. The van der Waals surface area contributed by atoms with Gasteiger partial charge in [0.15, 0.2) is 0 Å². The number of allylic oxidation sites excluding steroid dienone is 5. The van der Waals surface area contributed by atoms with Gasteiger partial charge in [-0.15, -0.1) is 0 Å². The summed E-state index contributed by atoms with van der Waals surface area (Å²) in [6.07, 6.45) is 12.6. The molecule has 0 atom stereocenters. The lowest BCUT2D eigenvalue weighted by molar-refractivity contribution is 0.655. The van der Waals surface area contributed by atoms with Gasteiger partial charge in [-0.25, -0.2) is 0 Å². The molecule has 0 saturated carbocycles. The normalized spacial score (nSPS) is 20.4. The Morgan fingerprint density at radius 2 is 1.89 bits per heavy atom. The average Bonchev–Trinajstić information content (AvgIpc) is 2.44. The molecule has 0 spiro atoms. The summed E-state index contributed by atoms with van der Waals surface area (Å²) < 4.78 is 0. The molecule has 0 aliphatic carbocycles. The highest BCUT2D eigenvalue weighted by Crippen LogP contribution is 2.23. The van der Waals surface area contributed by atoms with Gasteiger partial charge in [0, 0.05) is 12.2 Å². The quantitative estimate of drug-likeness (QED) is 0.664. The largest absolute Gasteiger partial charge is 0.385 e. The molecule has 1 nitrogen and oxygen atoms in total. The van der Waals surface area contributed by atoms with Gasteiger partial charge in [-0.05, 0) is 52.0 Å². The van der Waals surface area contributed by atoms with Crippen molar-refractivity contribution in [3.63, 3.8) is 0 Å². The number of nitrogens with one attached hydrogen (secondary N) is 1. The number of piperidine rings is 1. The average molecular weight is 249 g/mol. The Labute approximate surface area is 114 Å². The van der Waals surface area contributed by atoms with E-state index in [0.29, 0.717) is 0 Å². The SMILES string of the molecule is C/C=C\C.CCC/C=C1\CCCN\C1=C(\C)CC. The molecule has 0 amide bonds. The van der Waals surface area contributed by atoms with E-state index >= 15 is 0 Å². The minimum absolute atomic E-state index is 1.15. The first-order chi connectivity index (χ1) is 8.71. The van der Waals surface area contributed by atoms with E-state index in [1.54, 1.807) is 5.57 Å². The Morgan fingerprint density at radius 1 is 1.22 bits per heavy atom. The van der Waals surface area contributed by atoms with Crippen molar-refractivity contribution in [3.05, 3.63) is 35.1 Å². The van der Waals surface area contributed by atoms with E-state index in [0.717, 1.165) is 13.0 Å². The summed E-state index contributed by atoms with van der Waals surface area (Å²) in [7, 11) is 0. The van der Waals surface area contributed by atoms with Crippen LogP contribution in [0.15, 0.2) is 35.1 Å². The first-order valence-corrected chi connectivity index (χ1v) is 7.41. The van der Waals surface area contributed by atoms with Crippen LogP contribution in [0.3, 0.4) is 0 Å². The lowest BCUT2D eigenvalue weighted by Gasteiger charge is -2.23. The summed E-state index contributed by atoms with van der Waals surface area (Å²) in [4.78, 5) is 0. The fourth-order valence-corrected chi connectivity index (χ4v) is 1.86. The van der Waals surface area contributed by atoms with Crippen molar-refractivity contribution >= 4 is 0 Å². The summed E-state index contributed by atoms with van der Waals surface area (Å²) >= 11 is 0. The van der Waals surface area contributed by atoms with Gasteiger partial charge in [0.1, 0.15) is 0 Å². The van der Waals surface area contributed by atoms with Crippen LogP contribution < -0.4 is 5.32 Å². The summed E-state index contributed by atoms with van der Waals surface area (Å²) in [5.41, 5.74) is 4.50.